The fourth-order valence-electron chi connectivity index (χ4n) is 3.31. The molecule has 2 aliphatic rings. The summed E-state index contributed by atoms with van der Waals surface area (Å²) in [5.74, 6) is 0.385. The monoisotopic (exact) mass is 308 g/mol. The number of fused-ring (bicyclic) bond motifs is 2. The molecule has 2 atom stereocenters. The second-order valence-electron chi connectivity index (χ2n) is 6.14. The number of likely N-dealkylation sites (tertiary alicyclic amines) is 1. The first kappa shape index (κ1) is 14.5. The highest BCUT2D eigenvalue weighted by atomic mass is 32.2. The van der Waals surface area contributed by atoms with E-state index in [9.17, 15) is 13.2 Å². The number of carbonyl (C=O) groups is 1. The molecule has 3 rings (SSSR count). The Labute approximate surface area is 125 Å². The van der Waals surface area contributed by atoms with Crippen LogP contribution in [0.2, 0.25) is 0 Å². The summed E-state index contributed by atoms with van der Waals surface area (Å²) in [5.41, 5.74) is 1.11. The Morgan fingerprint density at radius 2 is 2.10 bits per heavy atom. The summed E-state index contributed by atoms with van der Waals surface area (Å²) in [6.45, 7) is 2.44. The number of piperidine rings is 1. The maximum Gasteiger partial charge on any atom is 0.254 e. The van der Waals surface area contributed by atoms with Gasteiger partial charge in [-0.05, 0) is 24.0 Å². The van der Waals surface area contributed by atoms with Crippen molar-refractivity contribution in [2.24, 2.45) is 5.92 Å². The van der Waals surface area contributed by atoms with Gasteiger partial charge in [-0.25, -0.2) is 8.42 Å². The van der Waals surface area contributed by atoms with Gasteiger partial charge in [-0.15, -0.1) is 0 Å². The van der Waals surface area contributed by atoms with E-state index in [1.54, 1.807) is 24.3 Å². The molecule has 0 radical (unpaired) electrons. The van der Waals surface area contributed by atoms with Crippen LogP contribution in [0.3, 0.4) is 0 Å². The molecule has 2 aliphatic heterocycles. The van der Waals surface area contributed by atoms with Crippen molar-refractivity contribution < 1.29 is 13.2 Å². The quantitative estimate of drug-likeness (QED) is 0.891. The first-order valence-electron chi connectivity index (χ1n) is 7.20. The minimum atomic E-state index is -3.16. The van der Waals surface area contributed by atoms with E-state index in [1.165, 1.54) is 6.26 Å². The number of carbonyl (C=O) groups excluding carboxylic acids is 1. The van der Waals surface area contributed by atoms with Crippen molar-refractivity contribution in [2.45, 2.75) is 18.2 Å². The van der Waals surface area contributed by atoms with Gasteiger partial charge < -0.3 is 10.2 Å². The number of sulfone groups is 1. The van der Waals surface area contributed by atoms with E-state index in [4.69, 9.17) is 0 Å². The maximum atomic E-state index is 12.7. The summed E-state index contributed by atoms with van der Waals surface area (Å²) in [6, 6.07) is 7.40. The predicted molar refractivity (Wildman–Crippen MR) is 80.8 cm³/mol. The van der Waals surface area contributed by atoms with Crippen LogP contribution < -0.4 is 5.32 Å². The molecule has 0 aromatic heterocycles. The Kier molecular flexibility index (Phi) is 3.75. The summed E-state index contributed by atoms with van der Waals surface area (Å²) in [7, 11) is -3.16. The fraction of sp³-hybridized carbons (Fsp3) is 0.533. The normalized spacial score (nSPS) is 25.1. The molecule has 1 N–H and O–H groups in total. The molecular weight excluding hydrogens is 288 g/mol. The van der Waals surface area contributed by atoms with Crippen LogP contribution in [0.5, 0.6) is 0 Å². The van der Waals surface area contributed by atoms with Crippen molar-refractivity contribution in [3.63, 3.8) is 0 Å². The zero-order chi connectivity index (χ0) is 15.0. The standard InChI is InChI=1S/C15H20N2O3S/c1-21(19,20)10-12-4-2-3-5-14(12)15(18)17-8-11-6-13(9-17)16-7-11/h2-5,11,13,16H,6-10H2,1H3/t11-,13+/m1/s1. The van der Waals surface area contributed by atoms with Gasteiger partial charge in [0.2, 0.25) is 0 Å². The lowest BCUT2D eigenvalue weighted by molar-refractivity contribution is 0.0691. The number of amides is 1. The van der Waals surface area contributed by atoms with Crippen molar-refractivity contribution in [1.29, 1.82) is 0 Å². The Hall–Kier alpha value is -1.40. The van der Waals surface area contributed by atoms with Gasteiger partial charge in [-0.2, -0.15) is 0 Å². The average Bonchev–Trinajstić information content (AvgIpc) is 2.75. The molecule has 1 aromatic rings. The van der Waals surface area contributed by atoms with E-state index in [1.807, 2.05) is 4.90 Å². The summed E-state index contributed by atoms with van der Waals surface area (Å²) in [4.78, 5) is 14.6. The van der Waals surface area contributed by atoms with Crippen molar-refractivity contribution in [2.75, 3.05) is 25.9 Å². The molecule has 6 heteroatoms. The van der Waals surface area contributed by atoms with E-state index in [2.05, 4.69) is 5.32 Å². The van der Waals surface area contributed by atoms with Crippen LogP contribution in [-0.4, -0.2) is 51.2 Å². The lowest BCUT2D eigenvalue weighted by Gasteiger charge is -2.31. The molecule has 2 saturated heterocycles. The molecule has 0 unspecified atom stereocenters. The molecule has 5 nitrogen and oxygen atoms in total. The Bertz CT molecular complexity index is 645. The molecule has 1 amide bonds. The lowest BCUT2D eigenvalue weighted by atomic mass is 9.98. The van der Waals surface area contributed by atoms with Gasteiger partial charge in [0.25, 0.3) is 5.91 Å². The molecule has 2 fully saturated rings. The van der Waals surface area contributed by atoms with Crippen LogP contribution >= 0.6 is 0 Å². The summed E-state index contributed by atoms with van der Waals surface area (Å²) in [6.07, 6.45) is 2.33. The second kappa shape index (κ2) is 5.42. The third kappa shape index (κ3) is 3.27. The Morgan fingerprint density at radius 3 is 2.81 bits per heavy atom. The highest BCUT2D eigenvalue weighted by Crippen LogP contribution is 2.24. The molecule has 0 saturated carbocycles. The predicted octanol–water partition coefficient (Wildman–Crippen LogP) is 0.665. The van der Waals surface area contributed by atoms with Crippen molar-refractivity contribution in [3.05, 3.63) is 35.4 Å². The van der Waals surface area contributed by atoms with Gasteiger partial charge in [0.1, 0.15) is 0 Å². The van der Waals surface area contributed by atoms with Gasteiger partial charge in [0, 0.05) is 37.5 Å². The number of nitrogens with zero attached hydrogens (tertiary/aromatic N) is 1. The first-order valence-corrected chi connectivity index (χ1v) is 9.27. The zero-order valence-corrected chi connectivity index (χ0v) is 12.9. The number of benzene rings is 1. The number of nitrogens with one attached hydrogen (secondary N) is 1. The number of rotatable bonds is 3. The number of hydrogen-bond acceptors (Lipinski definition) is 4. The fourth-order valence-corrected chi connectivity index (χ4v) is 4.12. The highest BCUT2D eigenvalue weighted by Gasteiger charge is 2.35. The summed E-state index contributed by atoms with van der Waals surface area (Å²) >= 11 is 0. The third-order valence-electron chi connectivity index (χ3n) is 4.19. The smallest absolute Gasteiger partial charge is 0.254 e. The first-order chi connectivity index (χ1) is 9.92. The van der Waals surface area contributed by atoms with Crippen molar-refractivity contribution in [3.8, 4) is 0 Å². The van der Waals surface area contributed by atoms with Crippen LogP contribution in [0.25, 0.3) is 0 Å². The van der Waals surface area contributed by atoms with E-state index >= 15 is 0 Å². The Balaban J connectivity index is 1.84. The molecule has 2 heterocycles. The van der Waals surface area contributed by atoms with Gasteiger partial charge in [-0.1, -0.05) is 18.2 Å². The second-order valence-corrected chi connectivity index (χ2v) is 8.28. The van der Waals surface area contributed by atoms with E-state index < -0.39 is 9.84 Å². The largest absolute Gasteiger partial charge is 0.337 e. The average molecular weight is 308 g/mol. The molecule has 2 bridgehead atoms. The van der Waals surface area contributed by atoms with Gasteiger partial charge in [-0.3, -0.25) is 4.79 Å². The Morgan fingerprint density at radius 1 is 1.33 bits per heavy atom. The zero-order valence-electron chi connectivity index (χ0n) is 12.1. The van der Waals surface area contributed by atoms with Gasteiger partial charge in [0.05, 0.1) is 5.75 Å². The van der Waals surface area contributed by atoms with E-state index in [0.29, 0.717) is 29.6 Å². The topological polar surface area (TPSA) is 66.5 Å². The van der Waals surface area contributed by atoms with E-state index in [0.717, 1.165) is 19.5 Å². The molecule has 21 heavy (non-hydrogen) atoms. The summed E-state index contributed by atoms with van der Waals surface area (Å²) in [5, 5.41) is 3.42. The van der Waals surface area contributed by atoms with Crippen molar-refractivity contribution in [1.82, 2.24) is 10.2 Å². The minimum Gasteiger partial charge on any atom is -0.337 e. The molecule has 0 spiro atoms. The van der Waals surface area contributed by atoms with Crippen LogP contribution in [0.15, 0.2) is 24.3 Å². The molecular formula is C15H20N2O3S. The third-order valence-corrected chi connectivity index (χ3v) is 5.02. The lowest BCUT2D eigenvalue weighted by Crippen LogP contribution is -2.44. The molecule has 0 aliphatic carbocycles. The molecule has 114 valence electrons. The molecule has 1 aromatic carbocycles. The van der Waals surface area contributed by atoms with Crippen LogP contribution in [0.1, 0.15) is 22.3 Å². The van der Waals surface area contributed by atoms with Crippen LogP contribution in [0, 0.1) is 5.92 Å². The SMILES string of the molecule is CS(=O)(=O)Cc1ccccc1C(=O)N1C[C@H]2CN[C@@H](C2)C1. The van der Waals surface area contributed by atoms with Crippen LogP contribution in [-0.2, 0) is 15.6 Å². The highest BCUT2D eigenvalue weighted by molar-refractivity contribution is 7.89. The summed E-state index contributed by atoms with van der Waals surface area (Å²) < 4.78 is 23.1. The minimum absolute atomic E-state index is 0.0485. The number of hydrogen-bond donors (Lipinski definition) is 1. The maximum absolute atomic E-state index is 12.7. The van der Waals surface area contributed by atoms with Gasteiger partial charge >= 0.3 is 0 Å². The van der Waals surface area contributed by atoms with E-state index in [-0.39, 0.29) is 11.7 Å². The van der Waals surface area contributed by atoms with Gasteiger partial charge in [0.15, 0.2) is 9.84 Å². The van der Waals surface area contributed by atoms with Crippen molar-refractivity contribution >= 4 is 15.7 Å². The van der Waals surface area contributed by atoms with Crippen LogP contribution in [0.4, 0.5) is 0 Å².